The van der Waals surface area contributed by atoms with Crippen molar-refractivity contribution in [3.8, 4) is 0 Å². The lowest BCUT2D eigenvalue weighted by Gasteiger charge is -2.33. The summed E-state index contributed by atoms with van der Waals surface area (Å²) in [6.07, 6.45) is 2.03. The van der Waals surface area contributed by atoms with Gasteiger partial charge in [0.05, 0.1) is 0 Å². The summed E-state index contributed by atoms with van der Waals surface area (Å²) in [6.45, 7) is 11.7. The van der Waals surface area contributed by atoms with Gasteiger partial charge in [0, 0.05) is 12.6 Å². The van der Waals surface area contributed by atoms with Gasteiger partial charge < -0.3 is 20.3 Å². The van der Waals surface area contributed by atoms with Crippen molar-refractivity contribution in [3.05, 3.63) is 35.4 Å². The quantitative estimate of drug-likeness (QED) is 0.584. The van der Waals surface area contributed by atoms with Crippen LogP contribution in [0.1, 0.15) is 71.0 Å². The van der Waals surface area contributed by atoms with Gasteiger partial charge in [0.15, 0.2) is 0 Å². The van der Waals surface area contributed by atoms with Crippen LogP contribution in [0.2, 0.25) is 0 Å². The number of hydrogen-bond donors (Lipinski definition) is 2. The second kappa shape index (κ2) is 10.6. The molecule has 172 valence electrons. The molecule has 2 N–H and O–H groups in total. The summed E-state index contributed by atoms with van der Waals surface area (Å²) >= 11 is 0. The summed E-state index contributed by atoms with van der Waals surface area (Å²) in [5.74, 6) is -0.174. The Morgan fingerprint density at radius 3 is 2.39 bits per heavy atom. The van der Waals surface area contributed by atoms with Crippen LogP contribution < -0.4 is 10.6 Å². The van der Waals surface area contributed by atoms with E-state index in [0.717, 1.165) is 30.4 Å². The first-order chi connectivity index (χ1) is 14.5. The predicted octanol–water partition coefficient (Wildman–Crippen LogP) is 3.71. The number of carbonyl (C=O) groups is 3. The molecule has 0 spiro atoms. The van der Waals surface area contributed by atoms with Gasteiger partial charge in [0.25, 0.3) is 0 Å². The first kappa shape index (κ1) is 24.7. The van der Waals surface area contributed by atoms with Gasteiger partial charge in [-0.3, -0.25) is 9.59 Å². The molecular weight excluding hydrogens is 394 g/mol. The minimum absolute atomic E-state index is 0.0329. The zero-order valence-corrected chi connectivity index (χ0v) is 19.7. The van der Waals surface area contributed by atoms with E-state index in [0.29, 0.717) is 12.5 Å². The number of unbranched alkanes of at least 4 members (excludes halogenated alkanes) is 1. The molecule has 1 saturated carbocycles. The molecule has 7 nitrogen and oxygen atoms in total. The minimum Gasteiger partial charge on any atom is -0.444 e. The lowest BCUT2D eigenvalue weighted by Crippen LogP contribution is -2.49. The van der Waals surface area contributed by atoms with Crippen LogP contribution in [0.3, 0.4) is 0 Å². The van der Waals surface area contributed by atoms with Gasteiger partial charge in [-0.2, -0.15) is 0 Å². The monoisotopic (exact) mass is 431 g/mol. The number of nitrogens with one attached hydrogen (secondary N) is 2. The van der Waals surface area contributed by atoms with Crippen molar-refractivity contribution in [1.29, 1.82) is 0 Å². The Morgan fingerprint density at radius 1 is 1.19 bits per heavy atom. The van der Waals surface area contributed by atoms with Crippen LogP contribution in [0.25, 0.3) is 0 Å². The van der Waals surface area contributed by atoms with Crippen molar-refractivity contribution < 1.29 is 19.1 Å². The molecule has 2 rings (SSSR count). The average Bonchev–Trinajstić information content (AvgIpc) is 3.39. The molecule has 7 heteroatoms. The van der Waals surface area contributed by atoms with Crippen molar-refractivity contribution in [1.82, 2.24) is 15.5 Å². The molecule has 31 heavy (non-hydrogen) atoms. The highest BCUT2D eigenvalue weighted by molar-refractivity contribution is 5.91. The summed E-state index contributed by atoms with van der Waals surface area (Å²) in [5, 5.41) is 5.54. The van der Waals surface area contributed by atoms with Crippen molar-refractivity contribution in [2.24, 2.45) is 5.92 Å². The number of carbonyl (C=O) groups excluding carboxylic acids is 3. The normalized spacial score (nSPS) is 18.6. The van der Waals surface area contributed by atoms with Crippen molar-refractivity contribution >= 4 is 17.9 Å². The number of nitrogens with zero attached hydrogens (tertiary/aromatic N) is 1. The molecule has 1 aromatic carbocycles. The van der Waals surface area contributed by atoms with Crippen LogP contribution in [0.5, 0.6) is 0 Å². The van der Waals surface area contributed by atoms with Crippen LogP contribution in [0.15, 0.2) is 24.3 Å². The fourth-order valence-electron chi connectivity index (χ4n) is 3.56. The molecule has 1 fully saturated rings. The SMILES string of the molecule is CCCCNC(=O)C(c1ccccc1C)N(C(=O)CNC(=O)OC(C)(C)C)C1CC1C. The van der Waals surface area contributed by atoms with E-state index >= 15 is 0 Å². The largest absolute Gasteiger partial charge is 0.444 e. The van der Waals surface area contributed by atoms with E-state index in [1.54, 1.807) is 25.7 Å². The standard InChI is InChI=1S/C24H37N3O4/c1-7-8-13-25-22(29)21(18-12-10-9-11-16(18)2)27(19-14-17(19)3)20(28)15-26-23(30)31-24(4,5)6/h9-12,17,19,21H,7-8,13-15H2,1-6H3,(H,25,29)(H,26,30). The topological polar surface area (TPSA) is 87.7 Å². The Bertz CT molecular complexity index is 787. The predicted molar refractivity (Wildman–Crippen MR) is 120 cm³/mol. The molecule has 3 amide bonds. The highest BCUT2D eigenvalue weighted by atomic mass is 16.6. The highest BCUT2D eigenvalue weighted by Gasteiger charge is 2.46. The third-order valence-electron chi connectivity index (χ3n) is 5.33. The second-order valence-electron chi connectivity index (χ2n) is 9.34. The molecule has 0 bridgehead atoms. The first-order valence-electron chi connectivity index (χ1n) is 11.2. The van der Waals surface area contributed by atoms with E-state index in [2.05, 4.69) is 24.5 Å². The van der Waals surface area contributed by atoms with Gasteiger partial charge >= 0.3 is 6.09 Å². The average molecular weight is 432 g/mol. The molecule has 0 saturated heterocycles. The lowest BCUT2D eigenvalue weighted by atomic mass is 9.98. The number of aryl methyl sites for hydroxylation is 1. The van der Waals surface area contributed by atoms with Crippen LogP contribution in [0.4, 0.5) is 4.79 Å². The van der Waals surface area contributed by atoms with E-state index < -0.39 is 17.7 Å². The third kappa shape index (κ3) is 7.26. The summed E-state index contributed by atoms with van der Waals surface area (Å²) < 4.78 is 5.24. The van der Waals surface area contributed by atoms with E-state index in [4.69, 9.17) is 4.74 Å². The van der Waals surface area contributed by atoms with Crippen LogP contribution in [-0.4, -0.2) is 47.5 Å². The molecule has 1 aliphatic carbocycles. The molecular formula is C24H37N3O4. The molecule has 0 heterocycles. The van der Waals surface area contributed by atoms with Crippen LogP contribution >= 0.6 is 0 Å². The maximum Gasteiger partial charge on any atom is 0.408 e. The van der Waals surface area contributed by atoms with E-state index in [1.165, 1.54) is 0 Å². The Balaban J connectivity index is 2.27. The van der Waals surface area contributed by atoms with Crippen LogP contribution in [-0.2, 0) is 14.3 Å². The van der Waals surface area contributed by atoms with Gasteiger partial charge in [0.2, 0.25) is 11.8 Å². The summed E-state index contributed by atoms with van der Waals surface area (Å²) in [6, 6.07) is 6.87. The number of benzene rings is 1. The molecule has 0 aliphatic heterocycles. The Labute approximate surface area is 185 Å². The number of amides is 3. The number of alkyl carbamates (subject to hydrolysis) is 1. The van der Waals surface area contributed by atoms with Crippen molar-refractivity contribution in [2.75, 3.05) is 13.1 Å². The Hall–Kier alpha value is -2.57. The highest BCUT2D eigenvalue weighted by Crippen LogP contribution is 2.40. The zero-order chi connectivity index (χ0) is 23.2. The fraction of sp³-hybridized carbons (Fsp3) is 0.625. The number of ether oxygens (including phenoxy) is 1. The van der Waals surface area contributed by atoms with Gasteiger partial charge in [0.1, 0.15) is 18.2 Å². The van der Waals surface area contributed by atoms with E-state index in [9.17, 15) is 14.4 Å². The van der Waals surface area contributed by atoms with Gasteiger partial charge in [-0.1, -0.05) is 44.5 Å². The summed E-state index contributed by atoms with van der Waals surface area (Å²) in [7, 11) is 0. The Kier molecular flexibility index (Phi) is 8.48. The molecule has 3 atom stereocenters. The minimum atomic E-state index is -0.735. The summed E-state index contributed by atoms with van der Waals surface area (Å²) in [4.78, 5) is 40.3. The maximum atomic E-state index is 13.3. The third-order valence-corrected chi connectivity index (χ3v) is 5.33. The zero-order valence-electron chi connectivity index (χ0n) is 19.7. The number of rotatable bonds is 9. The molecule has 0 radical (unpaired) electrons. The van der Waals surface area contributed by atoms with Gasteiger partial charge in [-0.05, 0) is 57.6 Å². The van der Waals surface area contributed by atoms with Gasteiger partial charge in [-0.25, -0.2) is 4.79 Å². The van der Waals surface area contributed by atoms with E-state index in [-0.39, 0.29) is 24.4 Å². The Morgan fingerprint density at radius 2 is 1.84 bits per heavy atom. The van der Waals surface area contributed by atoms with E-state index in [1.807, 2.05) is 31.2 Å². The van der Waals surface area contributed by atoms with Gasteiger partial charge in [-0.15, -0.1) is 0 Å². The first-order valence-corrected chi connectivity index (χ1v) is 11.2. The van der Waals surface area contributed by atoms with Crippen molar-refractivity contribution in [2.45, 2.75) is 78.5 Å². The molecule has 0 aromatic heterocycles. The number of hydrogen-bond acceptors (Lipinski definition) is 4. The molecule has 1 aromatic rings. The van der Waals surface area contributed by atoms with Crippen LogP contribution in [0, 0.1) is 12.8 Å². The molecule has 3 unspecified atom stereocenters. The smallest absolute Gasteiger partial charge is 0.408 e. The summed E-state index contributed by atoms with van der Waals surface area (Å²) in [5.41, 5.74) is 1.10. The van der Waals surface area contributed by atoms with Crippen molar-refractivity contribution in [3.63, 3.8) is 0 Å². The fourth-order valence-corrected chi connectivity index (χ4v) is 3.56. The maximum absolute atomic E-state index is 13.3. The lowest BCUT2D eigenvalue weighted by molar-refractivity contribution is -0.141. The second-order valence-corrected chi connectivity index (χ2v) is 9.34. The molecule has 1 aliphatic rings.